The molecule has 0 aromatic carbocycles. The van der Waals surface area contributed by atoms with E-state index in [1.54, 1.807) is 0 Å². The van der Waals surface area contributed by atoms with Crippen molar-refractivity contribution in [2.24, 2.45) is 5.73 Å². The molecule has 102 valence electrons. The quantitative estimate of drug-likeness (QED) is 0.902. The number of aromatic nitrogens is 2. The van der Waals surface area contributed by atoms with E-state index in [4.69, 9.17) is 10.5 Å². The summed E-state index contributed by atoms with van der Waals surface area (Å²) in [7, 11) is 1.47. The second-order valence-corrected chi connectivity index (χ2v) is 4.68. The van der Waals surface area contributed by atoms with E-state index in [1.165, 1.54) is 7.11 Å². The Labute approximate surface area is 101 Å². The van der Waals surface area contributed by atoms with Crippen molar-refractivity contribution in [3.05, 3.63) is 11.7 Å². The Balaban J connectivity index is 2.31. The van der Waals surface area contributed by atoms with Crippen LogP contribution in [0.3, 0.4) is 0 Å². The van der Waals surface area contributed by atoms with Crippen LogP contribution in [0, 0.1) is 0 Å². The lowest BCUT2D eigenvalue weighted by Gasteiger charge is -2.37. The Bertz CT molecular complexity index is 432. The van der Waals surface area contributed by atoms with Gasteiger partial charge >= 0.3 is 6.18 Å². The van der Waals surface area contributed by atoms with Gasteiger partial charge in [0.1, 0.15) is 5.60 Å². The second-order valence-electron chi connectivity index (χ2n) is 4.68. The molecule has 18 heavy (non-hydrogen) atoms. The fourth-order valence-electron chi connectivity index (χ4n) is 1.76. The van der Waals surface area contributed by atoms with Gasteiger partial charge in [-0.3, -0.25) is 0 Å². The predicted molar refractivity (Wildman–Crippen MR) is 54.4 cm³/mol. The highest BCUT2D eigenvalue weighted by Crippen LogP contribution is 2.44. The van der Waals surface area contributed by atoms with Gasteiger partial charge in [-0.15, -0.1) is 0 Å². The predicted octanol–water partition coefficient (Wildman–Crippen LogP) is 1.83. The molecule has 2 rings (SSSR count). The minimum atomic E-state index is -4.66. The van der Waals surface area contributed by atoms with Crippen molar-refractivity contribution in [1.29, 1.82) is 0 Å². The molecule has 2 N–H and O–H groups in total. The molecule has 1 unspecified atom stereocenters. The fraction of sp³-hybridized carbons (Fsp3) is 0.800. The first-order chi connectivity index (χ1) is 8.23. The zero-order chi connectivity index (χ0) is 13.6. The Hall–Kier alpha value is -1.15. The maximum atomic E-state index is 12.7. The molecule has 1 heterocycles. The van der Waals surface area contributed by atoms with Crippen molar-refractivity contribution in [2.75, 3.05) is 7.11 Å². The maximum absolute atomic E-state index is 12.7. The molecule has 0 amide bonds. The molecule has 1 aromatic heterocycles. The highest BCUT2D eigenvalue weighted by molar-refractivity contribution is 5.11. The zero-order valence-electron chi connectivity index (χ0n) is 10.0. The van der Waals surface area contributed by atoms with Gasteiger partial charge in [0.2, 0.25) is 5.82 Å². The van der Waals surface area contributed by atoms with E-state index in [9.17, 15) is 13.2 Å². The standard InChI is InChI=1S/C10H14F3N3O2/c1-8(14,10(11,12)13)7-15-6(16-18-7)9(17-2)4-3-5-9/h3-5,14H2,1-2H3. The molecule has 5 nitrogen and oxygen atoms in total. The van der Waals surface area contributed by atoms with Crippen molar-refractivity contribution in [3.63, 3.8) is 0 Å². The van der Waals surface area contributed by atoms with Gasteiger partial charge in [0.05, 0.1) is 0 Å². The van der Waals surface area contributed by atoms with Crippen LogP contribution in [-0.2, 0) is 15.9 Å². The first-order valence-electron chi connectivity index (χ1n) is 5.48. The summed E-state index contributed by atoms with van der Waals surface area (Å²) in [5, 5.41) is 3.57. The van der Waals surface area contributed by atoms with Gasteiger partial charge in [0.15, 0.2) is 5.54 Å². The smallest absolute Gasteiger partial charge is 0.370 e. The molecule has 0 radical (unpaired) electrons. The number of rotatable bonds is 3. The average Bonchev–Trinajstić information content (AvgIpc) is 2.65. The summed E-state index contributed by atoms with van der Waals surface area (Å²) in [5.74, 6) is -0.513. The first-order valence-corrected chi connectivity index (χ1v) is 5.48. The Morgan fingerprint density at radius 1 is 1.39 bits per heavy atom. The molecule has 1 atom stereocenters. The third-order valence-corrected chi connectivity index (χ3v) is 3.42. The van der Waals surface area contributed by atoms with E-state index in [0.717, 1.165) is 13.3 Å². The number of hydrogen-bond donors (Lipinski definition) is 1. The Morgan fingerprint density at radius 3 is 2.39 bits per heavy atom. The summed E-state index contributed by atoms with van der Waals surface area (Å²) in [6, 6.07) is 0. The summed E-state index contributed by atoms with van der Waals surface area (Å²) in [5.41, 5.74) is 1.84. The topological polar surface area (TPSA) is 74.2 Å². The average molecular weight is 265 g/mol. The van der Waals surface area contributed by atoms with Gasteiger partial charge in [0, 0.05) is 7.11 Å². The van der Waals surface area contributed by atoms with E-state index in [2.05, 4.69) is 14.7 Å². The van der Waals surface area contributed by atoms with Crippen LogP contribution in [0.2, 0.25) is 0 Å². The van der Waals surface area contributed by atoms with E-state index < -0.39 is 23.2 Å². The summed E-state index contributed by atoms with van der Waals surface area (Å²) >= 11 is 0. The number of methoxy groups -OCH3 is 1. The van der Waals surface area contributed by atoms with Gasteiger partial charge in [-0.1, -0.05) is 5.16 Å². The lowest BCUT2D eigenvalue weighted by molar-refractivity contribution is -0.190. The molecule has 0 spiro atoms. The summed E-state index contributed by atoms with van der Waals surface area (Å²) in [4.78, 5) is 3.77. The van der Waals surface area contributed by atoms with E-state index in [1.807, 2.05) is 0 Å². The molecular formula is C10H14F3N3O2. The minimum absolute atomic E-state index is 0.132. The number of halogens is 3. The van der Waals surface area contributed by atoms with Crippen LogP contribution >= 0.6 is 0 Å². The maximum Gasteiger partial charge on any atom is 0.415 e. The molecule has 1 fully saturated rings. The van der Waals surface area contributed by atoms with Gasteiger partial charge in [-0.2, -0.15) is 18.2 Å². The summed E-state index contributed by atoms with van der Waals surface area (Å²) < 4.78 is 48.1. The molecule has 0 bridgehead atoms. The van der Waals surface area contributed by atoms with Gasteiger partial charge in [0.25, 0.3) is 5.89 Å². The van der Waals surface area contributed by atoms with Crippen molar-refractivity contribution in [2.45, 2.75) is 43.5 Å². The normalized spacial score (nSPS) is 22.3. The lowest BCUT2D eigenvalue weighted by Crippen LogP contribution is -2.48. The Morgan fingerprint density at radius 2 is 2.00 bits per heavy atom. The van der Waals surface area contributed by atoms with E-state index in [-0.39, 0.29) is 5.82 Å². The van der Waals surface area contributed by atoms with Crippen molar-refractivity contribution in [3.8, 4) is 0 Å². The third kappa shape index (κ3) is 1.79. The molecule has 1 aliphatic rings. The molecule has 8 heteroatoms. The lowest BCUT2D eigenvalue weighted by atomic mass is 9.79. The number of nitrogens with two attached hydrogens (primary N) is 1. The van der Waals surface area contributed by atoms with Crippen LogP contribution in [-0.4, -0.2) is 23.4 Å². The fourth-order valence-corrected chi connectivity index (χ4v) is 1.76. The monoisotopic (exact) mass is 265 g/mol. The van der Waals surface area contributed by atoms with Crippen LogP contribution < -0.4 is 5.73 Å². The first kappa shape index (κ1) is 13.3. The molecule has 0 aliphatic heterocycles. The van der Waals surface area contributed by atoms with Gasteiger partial charge in [-0.25, -0.2) is 0 Å². The second kappa shape index (κ2) is 3.92. The van der Waals surface area contributed by atoms with Gasteiger partial charge < -0.3 is 15.0 Å². The van der Waals surface area contributed by atoms with Crippen molar-refractivity contribution < 1.29 is 22.4 Å². The molecular weight excluding hydrogens is 251 g/mol. The van der Waals surface area contributed by atoms with Crippen LogP contribution in [0.4, 0.5) is 13.2 Å². The largest absolute Gasteiger partial charge is 0.415 e. The van der Waals surface area contributed by atoms with Crippen LogP contribution in [0.5, 0.6) is 0 Å². The molecule has 0 saturated heterocycles. The van der Waals surface area contributed by atoms with Crippen molar-refractivity contribution in [1.82, 2.24) is 10.1 Å². The van der Waals surface area contributed by atoms with Crippen LogP contribution in [0.15, 0.2) is 4.52 Å². The van der Waals surface area contributed by atoms with Gasteiger partial charge in [-0.05, 0) is 26.2 Å². The highest BCUT2D eigenvalue weighted by atomic mass is 19.4. The third-order valence-electron chi connectivity index (χ3n) is 3.42. The van der Waals surface area contributed by atoms with E-state index >= 15 is 0 Å². The SMILES string of the molecule is COC1(c2noc(C(C)(N)C(F)(F)F)n2)CCC1. The summed E-state index contributed by atoms with van der Waals surface area (Å²) in [6.45, 7) is 0.796. The van der Waals surface area contributed by atoms with E-state index in [0.29, 0.717) is 12.8 Å². The molecule has 1 saturated carbocycles. The van der Waals surface area contributed by atoms with Crippen LogP contribution in [0.25, 0.3) is 0 Å². The zero-order valence-corrected chi connectivity index (χ0v) is 10.0. The number of nitrogens with zero attached hydrogens (tertiary/aromatic N) is 2. The number of hydrogen-bond acceptors (Lipinski definition) is 5. The Kier molecular flexibility index (Phi) is 2.90. The number of ether oxygens (including phenoxy) is 1. The number of alkyl halides is 3. The molecule has 1 aliphatic carbocycles. The minimum Gasteiger partial charge on any atom is -0.370 e. The highest BCUT2D eigenvalue weighted by Gasteiger charge is 2.54. The summed E-state index contributed by atoms with van der Waals surface area (Å²) in [6.07, 6.45) is -2.42. The van der Waals surface area contributed by atoms with Crippen molar-refractivity contribution >= 4 is 0 Å². The van der Waals surface area contributed by atoms with Crippen LogP contribution in [0.1, 0.15) is 37.9 Å². The molecule has 1 aromatic rings.